The molecular weight excluding hydrogens is 494 g/mol. The number of carboxylic acids is 2. The maximum Gasteiger partial charge on any atom is 0.326 e. The highest BCUT2D eigenvalue weighted by atomic mass is 32.1. The first-order chi connectivity index (χ1) is 17.0. The summed E-state index contributed by atoms with van der Waals surface area (Å²) in [5.41, 5.74) is 11.5. The van der Waals surface area contributed by atoms with Crippen molar-refractivity contribution in [2.45, 2.75) is 56.3 Å². The van der Waals surface area contributed by atoms with Crippen molar-refractivity contribution < 1.29 is 39.3 Å². The number of phenols is 1. The van der Waals surface area contributed by atoms with Crippen LogP contribution in [0, 0.1) is 0 Å². The molecule has 14 heteroatoms. The van der Waals surface area contributed by atoms with Gasteiger partial charge in [0.25, 0.3) is 0 Å². The normalized spacial score (nSPS) is 14.1. The van der Waals surface area contributed by atoms with Crippen LogP contribution in [-0.4, -0.2) is 81.4 Å². The molecule has 10 N–H and O–H groups in total. The van der Waals surface area contributed by atoms with Crippen LogP contribution < -0.4 is 27.4 Å². The standard InChI is InChI=1S/C22H33N5O8S/c23-8-2-1-3-15(22(34)35)25-20(32)16(9-12-4-6-13(28)7-5-12)26-21(33)17(11-36)27-19(31)14(24)10-18(29)30/h4-7,14-17,28,36H,1-3,8-11,23-24H2,(H,25,32)(H,26,33)(H,27,31)(H,29,30)(H,34,35). The number of nitrogens with one attached hydrogen (secondary N) is 3. The van der Waals surface area contributed by atoms with Gasteiger partial charge >= 0.3 is 11.9 Å². The molecule has 0 saturated carbocycles. The average molecular weight is 528 g/mol. The Hall–Kier alpha value is -3.36. The molecule has 0 radical (unpaired) electrons. The predicted octanol–water partition coefficient (Wildman–Crippen LogP) is -1.67. The Labute approximate surface area is 213 Å². The van der Waals surface area contributed by atoms with Crippen LogP contribution in [-0.2, 0) is 30.4 Å². The van der Waals surface area contributed by atoms with E-state index in [4.69, 9.17) is 16.6 Å². The lowest BCUT2D eigenvalue weighted by atomic mass is 10.0. The monoisotopic (exact) mass is 527 g/mol. The molecular formula is C22H33N5O8S. The van der Waals surface area contributed by atoms with Gasteiger partial charge in [-0.25, -0.2) is 4.79 Å². The van der Waals surface area contributed by atoms with Gasteiger partial charge in [0.05, 0.1) is 12.5 Å². The minimum atomic E-state index is -1.40. The van der Waals surface area contributed by atoms with E-state index >= 15 is 0 Å². The number of hydrogen-bond acceptors (Lipinski definition) is 9. The lowest BCUT2D eigenvalue weighted by Crippen LogP contribution is -2.58. The van der Waals surface area contributed by atoms with E-state index in [1.165, 1.54) is 24.3 Å². The van der Waals surface area contributed by atoms with Crippen LogP contribution >= 0.6 is 12.6 Å². The molecule has 0 aliphatic rings. The maximum atomic E-state index is 13.0. The number of hydrogen-bond donors (Lipinski definition) is 9. The number of aliphatic carboxylic acids is 2. The third-order valence-electron chi connectivity index (χ3n) is 5.12. The average Bonchev–Trinajstić information content (AvgIpc) is 2.81. The summed E-state index contributed by atoms with van der Waals surface area (Å²) in [6.07, 6.45) is 0.459. The summed E-state index contributed by atoms with van der Waals surface area (Å²) in [6.45, 7) is 0.368. The summed E-state index contributed by atoms with van der Waals surface area (Å²) in [5, 5.41) is 34.9. The molecule has 1 aromatic rings. The van der Waals surface area contributed by atoms with Crippen molar-refractivity contribution in [3.63, 3.8) is 0 Å². The van der Waals surface area contributed by atoms with E-state index in [9.17, 15) is 34.2 Å². The van der Waals surface area contributed by atoms with E-state index in [1.807, 2.05) is 0 Å². The summed E-state index contributed by atoms with van der Waals surface area (Å²) in [7, 11) is 0. The predicted molar refractivity (Wildman–Crippen MR) is 132 cm³/mol. The Morgan fingerprint density at radius 2 is 1.42 bits per heavy atom. The highest BCUT2D eigenvalue weighted by Gasteiger charge is 2.30. The molecule has 0 bridgehead atoms. The molecule has 4 unspecified atom stereocenters. The topological polar surface area (TPSA) is 234 Å². The summed E-state index contributed by atoms with van der Waals surface area (Å²) in [5.74, 6) is -5.22. The molecule has 200 valence electrons. The second kappa shape index (κ2) is 15.6. The summed E-state index contributed by atoms with van der Waals surface area (Å²) >= 11 is 4.03. The van der Waals surface area contributed by atoms with E-state index in [-0.39, 0.29) is 24.3 Å². The Morgan fingerprint density at radius 1 is 0.861 bits per heavy atom. The van der Waals surface area contributed by atoms with Gasteiger partial charge in [-0.2, -0.15) is 12.6 Å². The van der Waals surface area contributed by atoms with Gasteiger partial charge < -0.3 is 42.7 Å². The lowest BCUT2D eigenvalue weighted by Gasteiger charge is -2.24. The first-order valence-electron chi connectivity index (χ1n) is 11.2. The molecule has 0 saturated heterocycles. The van der Waals surface area contributed by atoms with E-state index in [0.29, 0.717) is 24.9 Å². The number of carboxylic acid groups (broad SMARTS) is 2. The Bertz CT molecular complexity index is 914. The van der Waals surface area contributed by atoms with Crippen LogP contribution in [0.3, 0.4) is 0 Å². The lowest BCUT2D eigenvalue weighted by molar-refractivity contribution is -0.142. The fourth-order valence-electron chi connectivity index (χ4n) is 3.13. The van der Waals surface area contributed by atoms with Crippen molar-refractivity contribution >= 4 is 42.3 Å². The number of rotatable bonds is 16. The third-order valence-corrected chi connectivity index (χ3v) is 5.48. The van der Waals surface area contributed by atoms with Crippen LogP contribution in [0.4, 0.5) is 0 Å². The van der Waals surface area contributed by atoms with E-state index in [1.54, 1.807) is 0 Å². The van der Waals surface area contributed by atoms with Gasteiger partial charge in [-0.3, -0.25) is 19.2 Å². The summed E-state index contributed by atoms with van der Waals surface area (Å²) < 4.78 is 0. The Balaban J connectivity index is 3.03. The molecule has 36 heavy (non-hydrogen) atoms. The minimum Gasteiger partial charge on any atom is -0.508 e. The number of carbonyl (C=O) groups excluding carboxylic acids is 3. The first-order valence-corrected chi connectivity index (χ1v) is 11.8. The molecule has 0 aliphatic heterocycles. The SMILES string of the molecule is NCCCCC(NC(=O)C(Cc1ccc(O)cc1)NC(=O)C(CS)NC(=O)C(N)CC(=O)O)C(=O)O. The van der Waals surface area contributed by atoms with Crippen molar-refractivity contribution in [1.82, 2.24) is 16.0 Å². The zero-order valence-electron chi connectivity index (χ0n) is 19.6. The van der Waals surface area contributed by atoms with Crippen LogP contribution in [0.25, 0.3) is 0 Å². The molecule has 0 aliphatic carbocycles. The maximum absolute atomic E-state index is 13.0. The van der Waals surface area contributed by atoms with Crippen molar-refractivity contribution in [1.29, 1.82) is 0 Å². The van der Waals surface area contributed by atoms with Crippen LogP contribution in [0.5, 0.6) is 5.75 Å². The molecule has 1 aromatic carbocycles. The van der Waals surface area contributed by atoms with Crippen molar-refractivity contribution in [3.05, 3.63) is 29.8 Å². The van der Waals surface area contributed by atoms with Gasteiger partial charge in [0.15, 0.2) is 0 Å². The second-order valence-electron chi connectivity index (χ2n) is 8.06. The van der Waals surface area contributed by atoms with Crippen LogP contribution in [0.1, 0.15) is 31.2 Å². The fourth-order valence-corrected chi connectivity index (χ4v) is 3.38. The first kappa shape index (κ1) is 30.7. The molecule has 13 nitrogen and oxygen atoms in total. The molecule has 0 spiro atoms. The largest absolute Gasteiger partial charge is 0.508 e. The van der Waals surface area contributed by atoms with E-state index < -0.39 is 60.2 Å². The molecule has 0 fully saturated rings. The quantitative estimate of drug-likeness (QED) is 0.0876. The number of unbranched alkanes of at least 4 members (excludes halogenated alkanes) is 1. The zero-order valence-corrected chi connectivity index (χ0v) is 20.4. The number of carbonyl (C=O) groups is 5. The number of aromatic hydroxyl groups is 1. The molecule has 3 amide bonds. The highest BCUT2D eigenvalue weighted by Crippen LogP contribution is 2.12. The van der Waals surface area contributed by atoms with E-state index in [0.717, 1.165) is 0 Å². The third kappa shape index (κ3) is 10.9. The van der Waals surface area contributed by atoms with Crippen LogP contribution in [0.15, 0.2) is 24.3 Å². The van der Waals surface area contributed by atoms with E-state index in [2.05, 4.69) is 28.6 Å². The second-order valence-corrected chi connectivity index (χ2v) is 8.43. The van der Waals surface area contributed by atoms with Gasteiger partial charge in [0.1, 0.15) is 23.9 Å². The number of phenolic OH excluding ortho intramolecular Hbond substituents is 1. The molecule has 1 rings (SSSR count). The van der Waals surface area contributed by atoms with Gasteiger partial charge in [0, 0.05) is 12.2 Å². The van der Waals surface area contributed by atoms with Crippen molar-refractivity contribution in [3.8, 4) is 5.75 Å². The number of benzene rings is 1. The van der Waals surface area contributed by atoms with Gasteiger partial charge in [-0.15, -0.1) is 0 Å². The van der Waals surface area contributed by atoms with Gasteiger partial charge in [0.2, 0.25) is 17.7 Å². The Kier molecular flexibility index (Phi) is 13.3. The zero-order chi connectivity index (χ0) is 27.3. The smallest absolute Gasteiger partial charge is 0.326 e. The molecule has 0 heterocycles. The molecule has 4 atom stereocenters. The van der Waals surface area contributed by atoms with Gasteiger partial charge in [-0.05, 0) is 43.5 Å². The number of thiol groups is 1. The van der Waals surface area contributed by atoms with Crippen molar-refractivity contribution in [2.24, 2.45) is 11.5 Å². The van der Waals surface area contributed by atoms with Gasteiger partial charge in [-0.1, -0.05) is 12.1 Å². The minimum absolute atomic E-state index is 0.00909. The molecule has 0 aromatic heterocycles. The number of amides is 3. The summed E-state index contributed by atoms with van der Waals surface area (Å²) in [6, 6.07) is 0.720. The van der Waals surface area contributed by atoms with Crippen LogP contribution in [0.2, 0.25) is 0 Å². The Morgan fingerprint density at radius 3 is 1.94 bits per heavy atom. The number of nitrogens with two attached hydrogens (primary N) is 2. The van der Waals surface area contributed by atoms with Crippen molar-refractivity contribution in [2.75, 3.05) is 12.3 Å². The highest BCUT2D eigenvalue weighted by molar-refractivity contribution is 7.80. The fraction of sp³-hybridized carbons (Fsp3) is 0.500. The summed E-state index contributed by atoms with van der Waals surface area (Å²) in [4.78, 5) is 60.4.